The zero-order valence-corrected chi connectivity index (χ0v) is 12.9. The highest BCUT2D eigenvalue weighted by Gasteiger charge is 2.37. The van der Waals surface area contributed by atoms with E-state index in [-0.39, 0.29) is 5.97 Å². The standard InChI is InChI=1S/C17H27NO2/c1-4-11-17(13-18,16(19)20-6-3)12-15-9-7-14(5-2)8-10-15/h7-10H,4-6,11-13,18H2,1-3H3. The van der Waals surface area contributed by atoms with Crippen LogP contribution in [0.5, 0.6) is 0 Å². The molecule has 0 heterocycles. The molecule has 1 aromatic rings. The zero-order valence-electron chi connectivity index (χ0n) is 12.9. The van der Waals surface area contributed by atoms with Gasteiger partial charge in [0.05, 0.1) is 12.0 Å². The summed E-state index contributed by atoms with van der Waals surface area (Å²) in [7, 11) is 0. The first-order chi connectivity index (χ1) is 9.61. The molecule has 3 heteroatoms. The van der Waals surface area contributed by atoms with Crippen molar-refractivity contribution in [2.24, 2.45) is 11.1 Å². The number of nitrogens with two attached hydrogens (primary N) is 1. The van der Waals surface area contributed by atoms with E-state index in [2.05, 4.69) is 38.1 Å². The number of rotatable bonds is 8. The molecular weight excluding hydrogens is 250 g/mol. The van der Waals surface area contributed by atoms with Gasteiger partial charge in [0, 0.05) is 6.54 Å². The summed E-state index contributed by atoms with van der Waals surface area (Å²) < 4.78 is 5.25. The van der Waals surface area contributed by atoms with Crippen LogP contribution in [0.15, 0.2) is 24.3 Å². The Bertz CT molecular complexity index is 414. The average molecular weight is 277 g/mol. The second-order valence-corrected chi connectivity index (χ2v) is 5.30. The van der Waals surface area contributed by atoms with E-state index in [4.69, 9.17) is 10.5 Å². The summed E-state index contributed by atoms with van der Waals surface area (Å²) in [5.41, 5.74) is 7.80. The van der Waals surface area contributed by atoms with Gasteiger partial charge < -0.3 is 10.5 Å². The Balaban J connectivity index is 2.94. The van der Waals surface area contributed by atoms with Crippen LogP contribution in [0.2, 0.25) is 0 Å². The van der Waals surface area contributed by atoms with E-state index in [0.29, 0.717) is 19.6 Å². The van der Waals surface area contributed by atoms with Crippen LogP contribution in [-0.4, -0.2) is 19.1 Å². The molecule has 0 radical (unpaired) electrons. The number of carbonyl (C=O) groups excluding carboxylic acids is 1. The van der Waals surface area contributed by atoms with Gasteiger partial charge in [0.15, 0.2) is 0 Å². The molecule has 2 N–H and O–H groups in total. The van der Waals surface area contributed by atoms with Crippen molar-refractivity contribution in [1.82, 2.24) is 0 Å². The van der Waals surface area contributed by atoms with Crippen molar-refractivity contribution in [3.05, 3.63) is 35.4 Å². The lowest BCUT2D eigenvalue weighted by Crippen LogP contribution is -2.42. The van der Waals surface area contributed by atoms with Crippen molar-refractivity contribution in [3.63, 3.8) is 0 Å². The first-order valence-corrected chi connectivity index (χ1v) is 7.57. The molecule has 1 unspecified atom stereocenters. The molecule has 0 amide bonds. The summed E-state index contributed by atoms with van der Waals surface area (Å²) in [5, 5.41) is 0. The van der Waals surface area contributed by atoms with Gasteiger partial charge in [0.1, 0.15) is 0 Å². The van der Waals surface area contributed by atoms with E-state index in [0.717, 1.165) is 24.8 Å². The molecule has 0 fully saturated rings. The van der Waals surface area contributed by atoms with E-state index in [1.54, 1.807) is 0 Å². The Kier molecular flexibility index (Phi) is 6.73. The minimum atomic E-state index is -0.585. The van der Waals surface area contributed by atoms with E-state index in [1.165, 1.54) is 5.56 Å². The van der Waals surface area contributed by atoms with E-state index in [9.17, 15) is 4.79 Å². The number of ether oxygens (including phenoxy) is 1. The third-order valence-corrected chi connectivity index (χ3v) is 3.80. The quantitative estimate of drug-likeness (QED) is 0.743. The van der Waals surface area contributed by atoms with E-state index in [1.807, 2.05) is 6.92 Å². The molecule has 0 aliphatic carbocycles. The fourth-order valence-electron chi connectivity index (χ4n) is 2.57. The molecule has 1 rings (SSSR count). The highest BCUT2D eigenvalue weighted by Crippen LogP contribution is 2.29. The van der Waals surface area contributed by atoms with Crippen LogP contribution in [0.4, 0.5) is 0 Å². The number of esters is 1. The molecule has 0 saturated heterocycles. The van der Waals surface area contributed by atoms with Gasteiger partial charge in [-0.3, -0.25) is 4.79 Å². The molecule has 0 spiro atoms. The first kappa shape index (κ1) is 16.7. The monoisotopic (exact) mass is 277 g/mol. The van der Waals surface area contributed by atoms with Crippen LogP contribution in [0.25, 0.3) is 0 Å². The maximum Gasteiger partial charge on any atom is 0.313 e. The molecule has 112 valence electrons. The lowest BCUT2D eigenvalue weighted by atomic mass is 9.77. The predicted octanol–water partition coefficient (Wildman–Crippen LogP) is 3.10. The molecule has 20 heavy (non-hydrogen) atoms. The summed E-state index contributed by atoms with van der Waals surface area (Å²) >= 11 is 0. The van der Waals surface area contributed by atoms with Gasteiger partial charge in [-0.15, -0.1) is 0 Å². The largest absolute Gasteiger partial charge is 0.466 e. The number of benzene rings is 1. The fraction of sp³-hybridized carbons (Fsp3) is 0.588. The van der Waals surface area contributed by atoms with Crippen molar-refractivity contribution >= 4 is 5.97 Å². The van der Waals surface area contributed by atoms with Crippen molar-refractivity contribution < 1.29 is 9.53 Å². The first-order valence-electron chi connectivity index (χ1n) is 7.57. The molecule has 0 aliphatic heterocycles. The lowest BCUT2D eigenvalue weighted by molar-refractivity contribution is -0.155. The highest BCUT2D eigenvalue weighted by molar-refractivity contribution is 5.77. The summed E-state index contributed by atoms with van der Waals surface area (Å²) in [6.45, 7) is 6.77. The third kappa shape index (κ3) is 4.07. The Morgan fingerprint density at radius 1 is 1.15 bits per heavy atom. The van der Waals surface area contributed by atoms with E-state index < -0.39 is 5.41 Å². The number of aryl methyl sites for hydroxylation is 1. The van der Waals surface area contributed by atoms with Gasteiger partial charge >= 0.3 is 5.97 Å². The molecule has 0 bridgehead atoms. The fourth-order valence-corrected chi connectivity index (χ4v) is 2.57. The summed E-state index contributed by atoms with van der Waals surface area (Å²) in [6, 6.07) is 8.43. The zero-order chi connectivity index (χ0) is 15.0. The Labute approximate surface area is 122 Å². The molecule has 3 nitrogen and oxygen atoms in total. The SMILES string of the molecule is CCCC(CN)(Cc1ccc(CC)cc1)C(=O)OCC. The predicted molar refractivity (Wildman–Crippen MR) is 82.6 cm³/mol. The number of hydrogen-bond acceptors (Lipinski definition) is 3. The van der Waals surface area contributed by atoms with Crippen molar-refractivity contribution in [3.8, 4) is 0 Å². The van der Waals surface area contributed by atoms with Crippen LogP contribution >= 0.6 is 0 Å². The summed E-state index contributed by atoms with van der Waals surface area (Å²) in [6.07, 6.45) is 3.36. The number of hydrogen-bond donors (Lipinski definition) is 1. The topological polar surface area (TPSA) is 52.3 Å². The Morgan fingerprint density at radius 2 is 1.75 bits per heavy atom. The second kappa shape index (κ2) is 8.05. The highest BCUT2D eigenvalue weighted by atomic mass is 16.5. The summed E-state index contributed by atoms with van der Waals surface area (Å²) in [4.78, 5) is 12.3. The van der Waals surface area contributed by atoms with Gasteiger partial charge in [0.2, 0.25) is 0 Å². The van der Waals surface area contributed by atoms with Crippen LogP contribution in [0.3, 0.4) is 0 Å². The molecular formula is C17H27NO2. The lowest BCUT2D eigenvalue weighted by Gasteiger charge is -2.30. The van der Waals surface area contributed by atoms with Crippen molar-refractivity contribution in [2.75, 3.05) is 13.2 Å². The minimum Gasteiger partial charge on any atom is -0.466 e. The van der Waals surface area contributed by atoms with Gasteiger partial charge in [0.25, 0.3) is 0 Å². The van der Waals surface area contributed by atoms with Gasteiger partial charge in [-0.05, 0) is 37.3 Å². The van der Waals surface area contributed by atoms with E-state index >= 15 is 0 Å². The third-order valence-electron chi connectivity index (χ3n) is 3.80. The molecule has 1 atom stereocenters. The maximum absolute atomic E-state index is 12.3. The minimum absolute atomic E-state index is 0.163. The Hall–Kier alpha value is -1.35. The smallest absolute Gasteiger partial charge is 0.313 e. The van der Waals surface area contributed by atoms with Crippen molar-refractivity contribution in [1.29, 1.82) is 0 Å². The van der Waals surface area contributed by atoms with Crippen LogP contribution in [0.1, 0.15) is 44.7 Å². The number of carbonyl (C=O) groups is 1. The normalized spacial score (nSPS) is 13.8. The Morgan fingerprint density at radius 3 is 2.20 bits per heavy atom. The van der Waals surface area contributed by atoms with Crippen LogP contribution in [-0.2, 0) is 22.4 Å². The average Bonchev–Trinajstić information content (AvgIpc) is 2.47. The van der Waals surface area contributed by atoms with Gasteiger partial charge in [-0.25, -0.2) is 0 Å². The van der Waals surface area contributed by atoms with Crippen LogP contribution < -0.4 is 5.73 Å². The van der Waals surface area contributed by atoms with Gasteiger partial charge in [-0.1, -0.05) is 44.5 Å². The summed E-state index contributed by atoms with van der Waals surface area (Å²) in [5.74, 6) is -0.163. The van der Waals surface area contributed by atoms with Crippen molar-refractivity contribution in [2.45, 2.75) is 46.5 Å². The van der Waals surface area contributed by atoms with Gasteiger partial charge in [-0.2, -0.15) is 0 Å². The second-order valence-electron chi connectivity index (χ2n) is 5.30. The maximum atomic E-state index is 12.3. The molecule has 0 aromatic heterocycles. The van der Waals surface area contributed by atoms with Crippen LogP contribution in [0, 0.1) is 5.41 Å². The molecule has 1 aromatic carbocycles. The molecule has 0 saturated carbocycles. The molecule has 0 aliphatic rings.